The van der Waals surface area contributed by atoms with Gasteiger partial charge in [-0.1, -0.05) is 35.8 Å². The number of aromatic nitrogens is 2. The summed E-state index contributed by atoms with van der Waals surface area (Å²) in [5, 5.41) is 11.1. The normalized spacial score (nSPS) is 13.6. The topological polar surface area (TPSA) is 80.7 Å². The van der Waals surface area contributed by atoms with Crippen LogP contribution in [0.3, 0.4) is 0 Å². The number of halogens is 2. The van der Waals surface area contributed by atoms with Crippen LogP contribution >= 0.6 is 11.6 Å². The molecule has 2 N–H and O–H groups in total. The monoisotopic (exact) mass is 481 g/mol. The number of hydrogen-bond donors (Lipinski definition) is 2. The van der Waals surface area contributed by atoms with Crippen molar-refractivity contribution >= 4 is 34.9 Å². The second-order valence-corrected chi connectivity index (χ2v) is 7.96. The van der Waals surface area contributed by atoms with Gasteiger partial charge < -0.3 is 20.2 Å². The van der Waals surface area contributed by atoms with Crippen LogP contribution in [0.2, 0.25) is 5.02 Å². The molecule has 1 aliphatic rings. The summed E-state index contributed by atoms with van der Waals surface area (Å²) in [5.41, 5.74) is 4.01. The first kappa shape index (κ1) is 23.7. The number of allylic oxidation sites excluding steroid dienone is 1. The first-order chi connectivity index (χ1) is 16.6. The van der Waals surface area contributed by atoms with Gasteiger partial charge in [0.25, 0.3) is 0 Å². The summed E-state index contributed by atoms with van der Waals surface area (Å²) in [6.45, 7) is 4.40. The highest BCUT2D eigenvalue weighted by atomic mass is 35.5. The molecule has 0 saturated carbocycles. The maximum absolute atomic E-state index is 13.4. The maximum atomic E-state index is 13.4. The summed E-state index contributed by atoms with van der Waals surface area (Å²) < 4.78 is 19.1. The predicted octanol–water partition coefficient (Wildman–Crippen LogP) is 5.14. The molecule has 3 aromatic rings. The van der Waals surface area contributed by atoms with Crippen LogP contribution in [0.25, 0.3) is 6.08 Å². The van der Waals surface area contributed by atoms with Crippen LogP contribution in [-0.4, -0.2) is 35.4 Å². The van der Waals surface area contributed by atoms with Gasteiger partial charge in [-0.05, 0) is 54.6 Å². The van der Waals surface area contributed by atoms with Gasteiger partial charge in [0.2, 0.25) is 0 Å². The highest BCUT2D eigenvalue weighted by Crippen LogP contribution is 2.31. The molecule has 0 fully saturated rings. The lowest BCUT2D eigenvalue weighted by Gasteiger charge is -2.16. The number of nitrogens with zero attached hydrogens (tertiary/aromatic N) is 3. The Morgan fingerprint density at radius 3 is 2.88 bits per heavy atom. The van der Waals surface area contributed by atoms with Gasteiger partial charge in [-0.2, -0.15) is 0 Å². The molecule has 1 aliphatic carbocycles. The van der Waals surface area contributed by atoms with Gasteiger partial charge in [0, 0.05) is 24.2 Å². The molecule has 0 unspecified atom stereocenters. The third-order valence-corrected chi connectivity index (χ3v) is 5.35. The molecule has 0 saturated heterocycles. The number of anilines is 2. The van der Waals surface area contributed by atoms with Crippen molar-refractivity contribution in [3.05, 3.63) is 82.5 Å². The molecule has 1 aromatic heterocycles. The second kappa shape index (κ2) is 11.6. The van der Waals surface area contributed by atoms with E-state index in [1.807, 2.05) is 25.1 Å². The minimum Gasteiger partial charge on any atom is -0.487 e. The van der Waals surface area contributed by atoms with Gasteiger partial charge in [0.15, 0.2) is 0 Å². The molecule has 0 radical (unpaired) electrons. The molecule has 2 aromatic carbocycles. The molecule has 1 heterocycles. The molecule has 0 spiro atoms. The Labute approximate surface area is 202 Å². The van der Waals surface area contributed by atoms with Gasteiger partial charge in [-0.15, -0.1) is 0 Å². The van der Waals surface area contributed by atoms with E-state index in [4.69, 9.17) is 21.2 Å². The van der Waals surface area contributed by atoms with Crippen molar-refractivity contribution in [2.24, 2.45) is 5.16 Å². The van der Waals surface area contributed by atoms with Crippen molar-refractivity contribution < 1.29 is 14.0 Å². The van der Waals surface area contributed by atoms with E-state index in [9.17, 15) is 4.39 Å². The smallest absolute Gasteiger partial charge is 0.138 e. The Balaban J connectivity index is 1.42. The van der Waals surface area contributed by atoms with E-state index in [0.29, 0.717) is 29.6 Å². The number of likely N-dealkylation sites (N-methyl/N-ethyl adjacent to an activating group) is 1. The summed E-state index contributed by atoms with van der Waals surface area (Å²) in [6, 6.07) is 11.6. The third kappa shape index (κ3) is 6.30. The van der Waals surface area contributed by atoms with E-state index in [0.717, 1.165) is 41.3 Å². The molecule has 9 heteroatoms. The SMILES string of the molecule is CCNCCON=C1C=Cc2ncnc(Nc3ccc(OCc4cccc(F)c4)c(Cl)c3)c2C1. The molecule has 176 valence electrons. The molecular weight excluding hydrogens is 457 g/mol. The van der Waals surface area contributed by atoms with E-state index in [1.165, 1.54) is 18.5 Å². The molecule has 0 amide bonds. The Morgan fingerprint density at radius 1 is 1.15 bits per heavy atom. The number of oxime groups is 1. The lowest BCUT2D eigenvalue weighted by molar-refractivity contribution is 0.146. The zero-order chi connectivity index (χ0) is 23.8. The largest absolute Gasteiger partial charge is 0.487 e. The van der Waals surface area contributed by atoms with E-state index < -0.39 is 0 Å². The maximum Gasteiger partial charge on any atom is 0.138 e. The fourth-order valence-corrected chi connectivity index (χ4v) is 3.61. The van der Waals surface area contributed by atoms with Crippen molar-refractivity contribution in [2.75, 3.05) is 25.0 Å². The van der Waals surface area contributed by atoms with Crippen LogP contribution in [-0.2, 0) is 17.9 Å². The molecular formula is C25H25ClFN5O2. The number of fused-ring (bicyclic) bond motifs is 1. The van der Waals surface area contributed by atoms with Gasteiger partial charge in [0.05, 0.1) is 16.4 Å². The van der Waals surface area contributed by atoms with Crippen LogP contribution in [0.4, 0.5) is 15.9 Å². The fourth-order valence-electron chi connectivity index (χ4n) is 3.37. The van der Waals surface area contributed by atoms with Crippen LogP contribution < -0.4 is 15.4 Å². The van der Waals surface area contributed by atoms with E-state index in [-0.39, 0.29) is 12.4 Å². The van der Waals surface area contributed by atoms with Gasteiger partial charge >= 0.3 is 0 Å². The second-order valence-electron chi connectivity index (χ2n) is 7.55. The van der Waals surface area contributed by atoms with Crippen molar-refractivity contribution in [3.63, 3.8) is 0 Å². The Bertz CT molecular complexity index is 1200. The lowest BCUT2D eigenvalue weighted by Crippen LogP contribution is -2.18. The number of nitrogens with one attached hydrogen (secondary N) is 2. The van der Waals surface area contributed by atoms with Crippen molar-refractivity contribution in [1.29, 1.82) is 0 Å². The number of benzene rings is 2. The summed E-state index contributed by atoms with van der Waals surface area (Å²) in [4.78, 5) is 14.2. The number of rotatable bonds is 10. The summed E-state index contributed by atoms with van der Waals surface area (Å²) in [6.07, 6.45) is 5.85. The van der Waals surface area contributed by atoms with Crippen molar-refractivity contribution in [3.8, 4) is 5.75 Å². The van der Waals surface area contributed by atoms with Gasteiger partial charge in [0.1, 0.15) is 36.9 Å². The standard InChI is InChI=1S/C25H25ClFN5O2/c1-2-28-10-11-34-32-20-6-8-23-21(13-20)25(30-16-29-23)31-19-7-9-24(22(26)14-19)33-15-17-4-3-5-18(27)12-17/h3-9,12,14,16,28H,2,10-11,13,15H2,1H3,(H,29,30,31). The van der Waals surface area contributed by atoms with Gasteiger partial charge in [-0.3, -0.25) is 0 Å². The first-order valence-electron chi connectivity index (χ1n) is 11.0. The van der Waals surface area contributed by atoms with Crippen LogP contribution in [0.15, 0.2) is 60.0 Å². The van der Waals surface area contributed by atoms with Crippen LogP contribution in [0.5, 0.6) is 5.75 Å². The molecule has 0 atom stereocenters. The molecule has 34 heavy (non-hydrogen) atoms. The summed E-state index contributed by atoms with van der Waals surface area (Å²) in [7, 11) is 0. The Hall–Kier alpha value is -3.49. The highest BCUT2D eigenvalue weighted by Gasteiger charge is 2.17. The molecule has 7 nitrogen and oxygen atoms in total. The van der Waals surface area contributed by atoms with Crippen molar-refractivity contribution in [1.82, 2.24) is 15.3 Å². The minimum atomic E-state index is -0.303. The minimum absolute atomic E-state index is 0.217. The quantitative estimate of drug-likeness (QED) is 0.308. The number of hydrogen-bond acceptors (Lipinski definition) is 7. The summed E-state index contributed by atoms with van der Waals surface area (Å²) in [5.74, 6) is 0.871. The van der Waals surface area contributed by atoms with E-state index in [1.54, 1.807) is 24.3 Å². The predicted molar refractivity (Wildman–Crippen MR) is 132 cm³/mol. The van der Waals surface area contributed by atoms with Crippen molar-refractivity contribution in [2.45, 2.75) is 20.0 Å². The molecule has 0 bridgehead atoms. The van der Waals surface area contributed by atoms with E-state index >= 15 is 0 Å². The first-order valence-corrected chi connectivity index (χ1v) is 11.4. The summed E-state index contributed by atoms with van der Waals surface area (Å²) >= 11 is 6.43. The van der Waals surface area contributed by atoms with Gasteiger partial charge in [-0.25, -0.2) is 14.4 Å². The zero-order valence-electron chi connectivity index (χ0n) is 18.7. The Kier molecular flexibility index (Phi) is 8.06. The molecule has 0 aliphatic heterocycles. The van der Waals surface area contributed by atoms with E-state index in [2.05, 4.69) is 25.8 Å². The average Bonchev–Trinajstić information content (AvgIpc) is 2.84. The Morgan fingerprint density at radius 2 is 2.06 bits per heavy atom. The fraction of sp³-hybridized carbons (Fsp3) is 0.240. The average molecular weight is 482 g/mol. The lowest BCUT2D eigenvalue weighted by atomic mass is 10.0. The highest BCUT2D eigenvalue weighted by molar-refractivity contribution is 6.32. The number of ether oxygens (including phenoxy) is 1. The molecule has 4 rings (SSSR count). The van der Waals surface area contributed by atoms with Crippen LogP contribution in [0, 0.1) is 5.82 Å². The third-order valence-electron chi connectivity index (χ3n) is 5.05. The van der Waals surface area contributed by atoms with Crippen LogP contribution in [0.1, 0.15) is 23.7 Å². The zero-order valence-corrected chi connectivity index (χ0v) is 19.5.